The van der Waals surface area contributed by atoms with Gasteiger partial charge in [-0.3, -0.25) is 5.04 Å². The second kappa shape index (κ2) is 6.46. The van der Waals surface area contributed by atoms with E-state index in [1.807, 2.05) is 18.2 Å². The van der Waals surface area contributed by atoms with Crippen LogP contribution in [-0.4, -0.2) is 5.11 Å². The van der Waals surface area contributed by atoms with Crippen LogP contribution in [0, 0.1) is 0 Å². The molecule has 2 rings (SSSR count). The summed E-state index contributed by atoms with van der Waals surface area (Å²) in [6.45, 7) is 0. The third-order valence-electron chi connectivity index (χ3n) is 2.01. The Morgan fingerprint density at radius 1 is 1.06 bits per heavy atom. The number of hydrogen-bond donors (Lipinski definition) is 1. The van der Waals surface area contributed by atoms with Crippen LogP contribution in [0.2, 0.25) is 0 Å². The van der Waals surface area contributed by atoms with Gasteiger partial charge in [0.25, 0.3) is 0 Å². The summed E-state index contributed by atoms with van der Waals surface area (Å²) in [6, 6.07) is 10.5. The molecule has 1 N–H and O–H groups in total. The molecule has 16 heavy (non-hydrogen) atoms. The smallest absolute Gasteiger partial charge is 0.691 e. The van der Waals surface area contributed by atoms with Crippen LogP contribution in [0.3, 0.4) is 0 Å². The van der Waals surface area contributed by atoms with Gasteiger partial charge >= 0.3 is 29.6 Å². The summed E-state index contributed by atoms with van der Waals surface area (Å²) >= 11 is 0.813. The quantitative estimate of drug-likeness (QED) is 0.318. The fourth-order valence-corrected chi connectivity index (χ4v) is 1.87. The van der Waals surface area contributed by atoms with Gasteiger partial charge in [-0.05, 0) is 12.1 Å². The van der Waals surface area contributed by atoms with Crippen molar-refractivity contribution >= 4 is 22.8 Å². The van der Waals surface area contributed by atoms with Gasteiger partial charge in [0.15, 0.2) is 0 Å². The molecule has 0 bridgehead atoms. The molecule has 0 heterocycles. The molecule has 0 aliphatic heterocycles. The Labute approximate surface area is 119 Å². The second-order valence-electron chi connectivity index (χ2n) is 2.85. The number of fused-ring (bicyclic) bond motifs is 1. The molecule has 0 aliphatic rings. The summed E-state index contributed by atoms with van der Waals surface area (Å²) in [4.78, 5) is 0.708. The van der Waals surface area contributed by atoms with Crippen LogP contribution < -0.4 is 34.8 Å². The maximum atomic E-state index is 9.71. The molecule has 0 saturated heterocycles. The monoisotopic (exact) mass is 246 g/mol. The average molecular weight is 246 g/mol. The maximum absolute atomic E-state index is 9.71. The number of benzene rings is 2. The standard InChI is InChI=1S/C10H8O4S.Na/c11-9-5-6-10(15-14-13-12)8-4-2-1-3-7(8)9;/h1-6,11-12H;/q;+1/p-1. The zero-order chi connectivity index (χ0) is 10.7. The Bertz CT molecular complexity index is 477. The van der Waals surface area contributed by atoms with Gasteiger partial charge in [0.05, 0.1) is 12.0 Å². The van der Waals surface area contributed by atoms with E-state index in [1.165, 1.54) is 0 Å². The molecule has 0 amide bonds. The van der Waals surface area contributed by atoms with E-state index in [2.05, 4.69) is 9.37 Å². The molecule has 0 aliphatic carbocycles. The van der Waals surface area contributed by atoms with Crippen molar-refractivity contribution in [1.29, 1.82) is 0 Å². The normalized spacial score (nSPS) is 10.1. The predicted octanol–water partition coefficient (Wildman–Crippen LogP) is -1.22. The van der Waals surface area contributed by atoms with Crippen molar-refractivity contribution in [3.8, 4) is 5.75 Å². The topological polar surface area (TPSA) is 61.8 Å². The Morgan fingerprint density at radius 3 is 2.44 bits per heavy atom. The van der Waals surface area contributed by atoms with Gasteiger partial charge < -0.3 is 10.4 Å². The van der Waals surface area contributed by atoms with Gasteiger partial charge in [-0.15, -0.1) is 0 Å². The van der Waals surface area contributed by atoms with E-state index in [4.69, 9.17) is 0 Å². The molecule has 78 valence electrons. The van der Waals surface area contributed by atoms with Gasteiger partial charge in [0, 0.05) is 15.7 Å². The van der Waals surface area contributed by atoms with E-state index < -0.39 is 0 Å². The molecule has 0 radical (unpaired) electrons. The van der Waals surface area contributed by atoms with Crippen LogP contribution in [0.15, 0.2) is 41.3 Å². The molecule has 0 aromatic heterocycles. The zero-order valence-electron chi connectivity index (χ0n) is 8.54. The SMILES string of the molecule is [Na+].[O-]OOSc1ccc(O)c2ccccc12. The minimum atomic E-state index is 0. The summed E-state index contributed by atoms with van der Waals surface area (Å²) in [6.07, 6.45) is 0. The minimum Gasteiger partial charge on any atom is -0.691 e. The van der Waals surface area contributed by atoms with Crippen LogP contribution in [0.5, 0.6) is 5.75 Å². The summed E-state index contributed by atoms with van der Waals surface area (Å²) in [5.41, 5.74) is 0. The van der Waals surface area contributed by atoms with Gasteiger partial charge in [-0.2, -0.15) is 4.33 Å². The van der Waals surface area contributed by atoms with E-state index >= 15 is 0 Å². The second-order valence-corrected chi connectivity index (χ2v) is 3.59. The molecule has 0 spiro atoms. The molecule has 0 saturated carbocycles. The molecule has 4 nitrogen and oxygen atoms in total. The van der Waals surface area contributed by atoms with Crippen LogP contribution >= 0.6 is 12.0 Å². The summed E-state index contributed by atoms with van der Waals surface area (Å²) in [7, 11) is 0. The van der Waals surface area contributed by atoms with Crippen molar-refractivity contribution < 1.29 is 49.3 Å². The fourth-order valence-electron chi connectivity index (χ4n) is 1.38. The van der Waals surface area contributed by atoms with Crippen LogP contribution in [0.1, 0.15) is 0 Å². The average Bonchev–Trinajstić information content (AvgIpc) is 2.29. The van der Waals surface area contributed by atoms with Crippen molar-refractivity contribution in [1.82, 2.24) is 0 Å². The van der Waals surface area contributed by atoms with Crippen molar-refractivity contribution in [3.63, 3.8) is 0 Å². The van der Waals surface area contributed by atoms with Crippen LogP contribution in [0.25, 0.3) is 10.8 Å². The minimum absolute atomic E-state index is 0. The maximum Gasteiger partial charge on any atom is 1.00 e. The Kier molecular flexibility index (Phi) is 5.57. The molecular formula is C10H7NaO4S. The summed E-state index contributed by atoms with van der Waals surface area (Å²) in [5, 5.41) is 24.1. The van der Waals surface area contributed by atoms with Crippen molar-refractivity contribution in [3.05, 3.63) is 36.4 Å². The zero-order valence-corrected chi connectivity index (χ0v) is 11.4. The Balaban J connectivity index is 0.00000128. The summed E-state index contributed by atoms with van der Waals surface area (Å²) in [5.74, 6) is 0.193. The first-order valence-electron chi connectivity index (χ1n) is 4.17. The molecule has 0 fully saturated rings. The molecule has 6 heteroatoms. The predicted molar refractivity (Wildman–Crippen MR) is 53.6 cm³/mol. The molecule has 0 atom stereocenters. The number of aromatic hydroxyl groups is 1. The van der Waals surface area contributed by atoms with E-state index in [9.17, 15) is 10.4 Å². The van der Waals surface area contributed by atoms with E-state index in [0.29, 0.717) is 10.3 Å². The number of phenols is 1. The van der Waals surface area contributed by atoms with Gasteiger partial charge in [-0.25, -0.2) is 0 Å². The first-order chi connectivity index (χ1) is 7.33. The fraction of sp³-hybridized carbons (Fsp3) is 0. The van der Waals surface area contributed by atoms with Crippen molar-refractivity contribution in [2.75, 3.05) is 0 Å². The first-order valence-corrected chi connectivity index (χ1v) is 4.91. The number of hydrogen-bond acceptors (Lipinski definition) is 5. The van der Waals surface area contributed by atoms with Crippen molar-refractivity contribution in [2.24, 2.45) is 0 Å². The van der Waals surface area contributed by atoms with E-state index in [1.54, 1.807) is 18.2 Å². The van der Waals surface area contributed by atoms with Gasteiger partial charge in [0.2, 0.25) is 0 Å². The largest absolute Gasteiger partial charge is 1.00 e. The van der Waals surface area contributed by atoms with Gasteiger partial charge in [0.1, 0.15) is 5.75 Å². The summed E-state index contributed by atoms with van der Waals surface area (Å²) < 4.78 is 4.25. The van der Waals surface area contributed by atoms with Crippen LogP contribution in [0.4, 0.5) is 0 Å². The van der Waals surface area contributed by atoms with Gasteiger partial charge in [-0.1, -0.05) is 24.3 Å². The third kappa shape index (κ3) is 2.89. The molecule has 0 unspecified atom stereocenters. The Hall–Kier alpha value is -0.270. The molecular weight excluding hydrogens is 239 g/mol. The van der Waals surface area contributed by atoms with E-state index in [0.717, 1.165) is 17.4 Å². The van der Waals surface area contributed by atoms with Crippen LogP contribution in [-0.2, 0) is 9.37 Å². The first kappa shape index (κ1) is 13.8. The Morgan fingerprint density at radius 2 is 1.75 bits per heavy atom. The van der Waals surface area contributed by atoms with E-state index in [-0.39, 0.29) is 35.3 Å². The third-order valence-corrected chi connectivity index (χ3v) is 2.67. The number of phenolic OH excluding ortho intramolecular Hbond substituents is 1. The van der Waals surface area contributed by atoms with Crippen molar-refractivity contribution in [2.45, 2.75) is 4.90 Å². The molecule has 2 aromatic rings. The number of rotatable bonds is 3. The molecule has 2 aromatic carbocycles.